The fourth-order valence-corrected chi connectivity index (χ4v) is 2.65. The molecule has 0 aromatic heterocycles. The zero-order valence-electron chi connectivity index (χ0n) is 13.5. The van der Waals surface area contributed by atoms with Crippen molar-refractivity contribution < 1.29 is 9.53 Å². The predicted octanol–water partition coefficient (Wildman–Crippen LogP) is 3.63. The molecule has 3 nitrogen and oxygen atoms in total. The standard InChI is InChI=1S/C18H27NO2/c1-18(2,3)12-17(20)19-11-7-10-16(13-19)21-14-15-8-5-4-6-9-15/h4-6,8-9,16H,7,10-14H2,1-3H3/t16-/m0/s1. The van der Waals surface area contributed by atoms with Crippen LogP contribution in [0.15, 0.2) is 30.3 Å². The molecule has 0 radical (unpaired) electrons. The number of carbonyl (C=O) groups is 1. The van der Waals surface area contributed by atoms with Crippen LogP contribution in [0.5, 0.6) is 0 Å². The number of rotatable bonds is 4. The molecule has 1 heterocycles. The first-order chi connectivity index (χ1) is 9.94. The lowest BCUT2D eigenvalue weighted by atomic mass is 9.91. The van der Waals surface area contributed by atoms with Crippen LogP contribution in [-0.2, 0) is 16.1 Å². The number of nitrogens with zero attached hydrogens (tertiary/aromatic N) is 1. The summed E-state index contributed by atoms with van der Waals surface area (Å²) in [5.74, 6) is 0.260. The Hall–Kier alpha value is -1.35. The minimum absolute atomic E-state index is 0.0505. The van der Waals surface area contributed by atoms with Gasteiger partial charge in [-0.05, 0) is 23.8 Å². The van der Waals surface area contributed by atoms with E-state index in [-0.39, 0.29) is 17.4 Å². The number of likely N-dealkylation sites (tertiary alicyclic amines) is 1. The van der Waals surface area contributed by atoms with Crippen molar-refractivity contribution in [1.29, 1.82) is 0 Å². The van der Waals surface area contributed by atoms with Gasteiger partial charge in [-0.3, -0.25) is 4.79 Å². The molecule has 1 amide bonds. The molecule has 116 valence electrons. The van der Waals surface area contributed by atoms with Gasteiger partial charge in [-0.2, -0.15) is 0 Å². The van der Waals surface area contributed by atoms with Crippen molar-refractivity contribution >= 4 is 5.91 Å². The second-order valence-corrected chi connectivity index (χ2v) is 7.14. The number of benzene rings is 1. The second-order valence-electron chi connectivity index (χ2n) is 7.14. The molecule has 1 aliphatic rings. The maximum atomic E-state index is 12.3. The van der Waals surface area contributed by atoms with E-state index in [2.05, 4.69) is 32.9 Å². The van der Waals surface area contributed by atoms with Crippen LogP contribution in [0.2, 0.25) is 0 Å². The molecule has 1 atom stereocenters. The Bertz CT molecular complexity index is 450. The maximum absolute atomic E-state index is 12.3. The van der Waals surface area contributed by atoms with E-state index >= 15 is 0 Å². The average Bonchev–Trinajstić information content (AvgIpc) is 2.45. The SMILES string of the molecule is CC(C)(C)CC(=O)N1CCC[C@H](OCc2ccccc2)C1. The van der Waals surface area contributed by atoms with Gasteiger partial charge in [-0.1, -0.05) is 51.1 Å². The van der Waals surface area contributed by atoms with Gasteiger partial charge in [0, 0.05) is 19.5 Å². The monoisotopic (exact) mass is 289 g/mol. The Morgan fingerprint density at radius 2 is 2.00 bits per heavy atom. The summed E-state index contributed by atoms with van der Waals surface area (Å²) < 4.78 is 5.99. The van der Waals surface area contributed by atoms with Crippen LogP contribution in [0.1, 0.15) is 45.6 Å². The largest absolute Gasteiger partial charge is 0.372 e. The minimum atomic E-state index is 0.0505. The second kappa shape index (κ2) is 7.08. The van der Waals surface area contributed by atoms with Crippen LogP contribution in [0.25, 0.3) is 0 Å². The molecule has 1 aromatic rings. The van der Waals surface area contributed by atoms with E-state index in [4.69, 9.17) is 4.74 Å². The van der Waals surface area contributed by atoms with Gasteiger partial charge in [0.15, 0.2) is 0 Å². The third kappa shape index (κ3) is 5.50. The summed E-state index contributed by atoms with van der Waals surface area (Å²) in [6.07, 6.45) is 2.86. The summed E-state index contributed by atoms with van der Waals surface area (Å²) in [6, 6.07) is 10.2. The third-order valence-corrected chi connectivity index (χ3v) is 3.74. The van der Waals surface area contributed by atoms with Gasteiger partial charge in [-0.15, -0.1) is 0 Å². The van der Waals surface area contributed by atoms with E-state index in [9.17, 15) is 4.79 Å². The van der Waals surface area contributed by atoms with Gasteiger partial charge >= 0.3 is 0 Å². The van der Waals surface area contributed by atoms with Crippen LogP contribution in [0.3, 0.4) is 0 Å². The van der Waals surface area contributed by atoms with Crippen LogP contribution in [0.4, 0.5) is 0 Å². The number of amides is 1. The normalized spacial score (nSPS) is 19.6. The van der Waals surface area contributed by atoms with Gasteiger partial charge in [-0.25, -0.2) is 0 Å². The fourth-order valence-electron chi connectivity index (χ4n) is 2.65. The number of ether oxygens (including phenoxy) is 1. The topological polar surface area (TPSA) is 29.5 Å². The molecule has 1 saturated heterocycles. The van der Waals surface area contributed by atoms with Crippen LogP contribution in [0, 0.1) is 5.41 Å². The van der Waals surface area contributed by atoms with Gasteiger partial charge in [0.05, 0.1) is 12.7 Å². The Morgan fingerprint density at radius 1 is 1.29 bits per heavy atom. The maximum Gasteiger partial charge on any atom is 0.223 e. The quantitative estimate of drug-likeness (QED) is 0.847. The Labute approximate surface area is 128 Å². The molecule has 1 aromatic carbocycles. The third-order valence-electron chi connectivity index (χ3n) is 3.74. The van der Waals surface area contributed by atoms with E-state index in [1.54, 1.807) is 0 Å². The molecule has 0 bridgehead atoms. The highest BCUT2D eigenvalue weighted by molar-refractivity contribution is 5.76. The fraction of sp³-hybridized carbons (Fsp3) is 0.611. The van der Waals surface area contributed by atoms with Crippen LogP contribution >= 0.6 is 0 Å². The number of hydrogen-bond donors (Lipinski definition) is 0. The van der Waals surface area contributed by atoms with Gasteiger partial charge < -0.3 is 9.64 Å². The lowest BCUT2D eigenvalue weighted by molar-refractivity contribution is -0.137. The molecule has 0 aliphatic carbocycles. The van der Waals surface area contributed by atoms with Crippen molar-refractivity contribution in [2.24, 2.45) is 5.41 Å². The zero-order valence-corrected chi connectivity index (χ0v) is 13.5. The summed E-state index contributed by atoms with van der Waals surface area (Å²) in [4.78, 5) is 14.3. The summed E-state index contributed by atoms with van der Waals surface area (Å²) in [5, 5.41) is 0. The average molecular weight is 289 g/mol. The highest BCUT2D eigenvalue weighted by atomic mass is 16.5. The molecule has 2 rings (SSSR count). The molecule has 0 spiro atoms. The van der Waals surface area contributed by atoms with Crippen molar-refractivity contribution in [3.8, 4) is 0 Å². The number of piperidine rings is 1. The number of hydrogen-bond acceptors (Lipinski definition) is 2. The Kier molecular flexibility index (Phi) is 5.40. The molecule has 21 heavy (non-hydrogen) atoms. The highest BCUT2D eigenvalue weighted by Crippen LogP contribution is 2.22. The molecule has 0 saturated carbocycles. The van der Waals surface area contributed by atoms with Crippen LogP contribution in [-0.4, -0.2) is 30.0 Å². The lowest BCUT2D eigenvalue weighted by Crippen LogP contribution is -2.44. The van der Waals surface area contributed by atoms with E-state index in [0.29, 0.717) is 13.0 Å². The first kappa shape index (κ1) is 16.0. The lowest BCUT2D eigenvalue weighted by Gasteiger charge is -2.34. The summed E-state index contributed by atoms with van der Waals surface area (Å²) in [5.41, 5.74) is 1.24. The van der Waals surface area contributed by atoms with E-state index in [0.717, 1.165) is 25.9 Å². The van der Waals surface area contributed by atoms with E-state index < -0.39 is 0 Å². The predicted molar refractivity (Wildman–Crippen MR) is 84.9 cm³/mol. The molecule has 1 aliphatic heterocycles. The van der Waals surface area contributed by atoms with E-state index in [1.807, 2.05) is 23.1 Å². The highest BCUT2D eigenvalue weighted by Gasteiger charge is 2.26. The molecular formula is C18H27NO2. The number of carbonyl (C=O) groups excluding carboxylic acids is 1. The summed E-state index contributed by atoms with van der Waals surface area (Å²) in [7, 11) is 0. The van der Waals surface area contributed by atoms with Gasteiger partial charge in [0.1, 0.15) is 0 Å². The van der Waals surface area contributed by atoms with Crippen LogP contribution < -0.4 is 0 Å². The Morgan fingerprint density at radius 3 is 2.67 bits per heavy atom. The molecule has 0 N–H and O–H groups in total. The molecular weight excluding hydrogens is 262 g/mol. The van der Waals surface area contributed by atoms with Crippen molar-refractivity contribution in [3.05, 3.63) is 35.9 Å². The molecule has 0 unspecified atom stereocenters. The van der Waals surface area contributed by atoms with Gasteiger partial charge in [0.25, 0.3) is 0 Å². The van der Waals surface area contributed by atoms with Gasteiger partial charge in [0.2, 0.25) is 5.91 Å². The van der Waals surface area contributed by atoms with Crippen molar-refractivity contribution in [3.63, 3.8) is 0 Å². The van der Waals surface area contributed by atoms with E-state index in [1.165, 1.54) is 5.56 Å². The Balaban J connectivity index is 1.82. The van der Waals surface area contributed by atoms with Crippen molar-refractivity contribution in [2.45, 2.75) is 52.7 Å². The molecule has 3 heteroatoms. The smallest absolute Gasteiger partial charge is 0.223 e. The summed E-state index contributed by atoms with van der Waals surface area (Å²) in [6.45, 7) is 8.57. The first-order valence-electron chi connectivity index (χ1n) is 7.87. The summed E-state index contributed by atoms with van der Waals surface area (Å²) >= 11 is 0. The first-order valence-corrected chi connectivity index (χ1v) is 7.87. The minimum Gasteiger partial charge on any atom is -0.372 e. The van der Waals surface area contributed by atoms with Crippen molar-refractivity contribution in [1.82, 2.24) is 4.90 Å². The zero-order chi connectivity index (χ0) is 15.3. The molecule has 1 fully saturated rings. The van der Waals surface area contributed by atoms with Crippen molar-refractivity contribution in [2.75, 3.05) is 13.1 Å².